The topological polar surface area (TPSA) is 181 Å². The van der Waals surface area contributed by atoms with E-state index in [1.807, 2.05) is 4.72 Å². The molecule has 0 aliphatic rings. The first-order chi connectivity index (χ1) is 16.4. The molecule has 6 N–H and O–H groups in total. The SMILES string of the molecule is CB(O)N[C@H](C)C(=O)NS(=O)(=O)c1ccc(Nc2nc(N)n(C(=O)c3c(F)cccc3F)n2)cc1. The van der Waals surface area contributed by atoms with Gasteiger partial charge >= 0.3 is 7.05 Å². The number of nitrogens with two attached hydrogens (primary N) is 1. The molecule has 184 valence electrons. The minimum atomic E-state index is -4.20. The number of hydrogen-bond acceptors (Lipinski definition) is 10. The fourth-order valence-electron chi connectivity index (χ4n) is 2.90. The lowest BCUT2D eigenvalue weighted by molar-refractivity contribution is -0.120. The molecule has 0 spiro atoms. The maximum Gasteiger partial charge on any atom is 0.374 e. The van der Waals surface area contributed by atoms with Crippen molar-refractivity contribution in [3.8, 4) is 0 Å². The lowest BCUT2D eigenvalue weighted by Crippen LogP contribution is -2.49. The molecule has 2 aromatic carbocycles. The molecule has 16 heteroatoms. The number of carbonyl (C=O) groups excluding carboxylic acids is 2. The number of nitrogens with one attached hydrogen (secondary N) is 3. The van der Waals surface area contributed by atoms with Gasteiger partial charge in [-0.3, -0.25) is 9.59 Å². The van der Waals surface area contributed by atoms with Crippen molar-refractivity contribution in [3.05, 3.63) is 59.7 Å². The van der Waals surface area contributed by atoms with Crippen LogP contribution >= 0.6 is 0 Å². The Morgan fingerprint density at radius 2 is 1.74 bits per heavy atom. The molecular formula is C19H20BF2N7O5S. The minimum absolute atomic E-state index is 0.200. The number of carbonyl (C=O) groups is 2. The third-order valence-electron chi connectivity index (χ3n) is 4.54. The van der Waals surface area contributed by atoms with E-state index in [0.29, 0.717) is 4.68 Å². The second kappa shape index (κ2) is 10.2. The van der Waals surface area contributed by atoms with Crippen LogP contribution in [0.25, 0.3) is 0 Å². The monoisotopic (exact) mass is 507 g/mol. The first-order valence-electron chi connectivity index (χ1n) is 9.98. The smallest absolute Gasteiger partial charge is 0.374 e. The number of rotatable bonds is 8. The van der Waals surface area contributed by atoms with Crippen molar-refractivity contribution in [2.45, 2.75) is 24.7 Å². The van der Waals surface area contributed by atoms with Crippen LogP contribution in [0.4, 0.5) is 26.4 Å². The Kier molecular flexibility index (Phi) is 7.47. The Morgan fingerprint density at radius 3 is 2.31 bits per heavy atom. The molecule has 3 aromatic rings. The molecule has 0 bridgehead atoms. The molecule has 3 rings (SSSR count). The fraction of sp³-hybridized carbons (Fsp3) is 0.158. The van der Waals surface area contributed by atoms with Gasteiger partial charge in [0.05, 0.1) is 10.9 Å². The molecule has 0 aliphatic carbocycles. The van der Waals surface area contributed by atoms with E-state index in [-0.39, 0.29) is 16.5 Å². The third kappa shape index (κ3) is 5.98. The highest BCUT2D eigenvalue weighted by Crippen LogP contribution is 2.20. The van der Waals surface area contributed by atoms with Gasteiger partial charge in [-0.2, -0.15) is 9.67 Å². The van der Waals surface area contributed by atoms with Crippen molar-refractivity contribution in [3.63, 3.8) is 0 Å². The van der Waals surface area contributed by atoms with Gasteiger partial charge in [-0.25, -0.2) is 21.9 Å². The van der Waals surface area contributed by atoms with Crippen molar-refractivity contribution in [2.24, 2.45) is 0 Å². The Bertz CT molecular complexity index is 1350. The minimum Gasteiger partial charge on any atom is -0.437 e. The molecule has 1 amide bonds. The van der Waals surface area contributed by atoms with E-state index < -0.39 is 58.1 Å². The summed E-state index contributed by atoms with van der Waals surface area (Å²) in [6.45, 7) is 2.76. The number of anilines is 3. The average Bonchev–Trinajstić information content (AvgIpc) is 3.13. The lowest BCUT2D eigenvalue weighted by atomic mass is 9.87. The van der Waals surface area contributed by atoms with Crippen molar-refractivity contribution < 1.29 is 31.8 Å². The summed E-state index contributed by atoms with van der Waals surface area (Å²) in [6.07, 6.45) is 0. The molecule has 1 aromatic heterocycles. The number of halogens is 2. The molecular weight excluding hydrogens is 487 g/mol. The summed E-state index contributed by atoms with van der Waals surface area (Å²) in [5.74, 6) is -4.88. The Labute approximate surface area is 198 Å². The zero-order chi connectivity index (χ0) is 25.9. The normalized spacial score (nSPS) is 12.1. The molecule has 0 fully saturated rings. The van der Waals surface area contributed by atoms with Crippen LogP contribution in [-0.2, 0) is 14.8 Å². The zero-order valence-electron chi connectivity index (χ0n) is 18.4. The number of sulfonamides is 1. The van der Waals surface area contributed by atoms with Gasteiger partial charge in [0.1, 0.15) is 17.2 Å². The van der Waals surface area contributed by atoms with E-state index in [0.717, 1.165) is 18.2 Å². The predicted molar refractivity (Wildman–Crippen MR) is 122 cm³/mol. The van der Waals surface area contributed by atoms with Gasteiger partial charge in [-0.05, 0) is 50.1 Å². The number of amides is 1. The maximum atomic E-state index is 13.9. The van der Waals surface area contributed by atoms with Crippen LogP contribution < -0.4 is 21.0 Å². The molecule has 0 radical (unpaired) electrons. The summed E-state index contributed by atoms with van der Waals surface area (Å²) in [5.41, 5.74) is 5.08. The molecule has 35 heavy (non-hydrogen) atoms. The molecule has 0 aliphatic heterocycles. The van der Waals surface area contributed by atoms with Crippen molar-refractivity contribution in [1.29, 1.82) is 0 Å². The van der Waals surface area contributed by atoms with E-state index in [4.69, 9.17) is 5.73 Å². The molecule has 1 heterocycles. The average molecular weight is 507 g/mol. The predicted octanol–water partition coefficient (Wildman–Crippen LogP) is 0.464. The van der Waals surface area contributed by atoms with Gasteiger partial charge < -0.3 is 21.3 Å². The van der Waals surface area contributed by atoms with Gasteiger partial charge in [-0.15, -0.1) is 5.10 Å². The number of nitrogen functional groups attached to an aromatic ring is 1. The maximum absolute atomic E-state index is 13.9. The van der Waals surface area contributed by atoms with E-state index >= 15 is 0 Å². The second-order valence-corrected chi connectivity index (χ2v) is 8.97. The highest BCUT2D eigenvalue weighted by molar-refractivity contribution is 7.90. The van der Waals surface area contributed by atoms with Crippen LogP contribution in [0.3, 0.4) is 0 Å². The highest BCUT2D eigenvalue weighted by Gasteiger charge is 2.24. The second-order valence-electron chi connectivity index (χ2n) is 7.29. The molecule has 0 saturated heterocycles. The number of aromatic nitrogens is 3. The molecule has 0 saturated carbocycles. The fourth-order valence-corrected chi connectivity index (χ4v) is 3.95. The lowest BCUT2D eigenvalue weighted by Gasteiger charge is -2.14. The van der Waals surface area contributed by atoms with Crippen LogP contribution in [0.2, 0.25) is 6.82 Å². The largest absolute Gasteiger partial charge is 0.437 e. The summed E-state index contributed by atoms with van der Waals surface area (Å²) in [6, 6.07) is 6.96. The summed E-state index contributed by atoms with van der Waals surface area (Å²) < 4.78 is 55.1. The number of nitrogens with zero attached hydrogens (tertiary/aromatic N) is 3. The standard InChI is InChI=1S/C19H20BF2N7O5S/c1-10(26-20(2)32)16(30)28-35(33,34)12-8-6-11(7-9-12)24-19-25-18(23)29(27-19)17(31)15-13(21)4-3-5-14(15)22/h3-10,26,32H,1-2H3,(H,28,30)(H3,23,24,25,27)/t10-/m1/s1. The Balaban J connectivity index is 1.74. The van der Waals surface area contributed by atoms with Crippen LogP contribution in [-0.4, -0.2) is 53.1 Å². The summed E-state index contributed by atoms with van der Waals surface area (Å²) in [5, 5.41) is 18.2. The summed E-state index contributed by atoms with van der Waals surface area (Å²) in [4.78, 5) is 28.1. The number of hydrogen-bond donors (Lipinski definition) is 5. The van der Waals surface area contributed by atoms with E-state index in [2.05, 4.69) is 20.6 Å². The molecule has 0 unspecified atom stereocenters. The van der Waals surface area contributed by atoms with Gasteiger partial charge in [0.2, 0.25) is 17.8 Å². The Hall–Kier alpha value is -3.89. The zero-order valence-corrected chi connectivity index (χ0v) is 19.2. The molecule has 12 nitrogen and oxygen atoms in total. The first kappa shape index (κ1) is 25.7. The van der Waals surface area contributed by atoms with Gasteiger partial charge in [0.15, 0.2) is 0 Å². The van der Waals surface area contributed by atoms with Crippen LogP contribution in [0, 0.1) is 11.6 Å². The summed E-state index contributed by atoms with van der Waals surface area (Å²) >= 11 is 0. The van der Waals surface area contributed by atoms with Crippen molar-refractivity contribution in [2.75, 3.05) is 11.1 Å². The van der Waals surface area contributed by atoms with Crippen molar-refractivity contribution >= 4 is 46.5 Å². The first-order valence-corrected chi connectivity index (χ1v) is 11.5. The van der Waals surface area contributed by atoms with E-state index in [1.54, 1.807) is 0 Å². The van der Waals surface area contributed by atoms with Crippen LogP contribution in [0.5, 0.6) is 0 Å². The van der Waals surface area contributed by atoms with Gasteiger partial charge in [0, 0.05) is 5.69 Å². The molecule has 1 atom stereocenters. The Morgan fingerprint density at radius 1 is 1.14 bits per heavy atom. The van der Waals surface area contributed by atoms with Gasteiger partial charge in [0.25, 0.3) is 15.9 Å². The summed E-state index contributed by atoms with van der Waals surface area (Å²) in [7, 11) is -5.22. The number of benzene rings is 2. The third-order valence-corrected chi connectivity index (χ3v) is 5.90. The van der Waals surface area contributed by atoms with E-state index in [1.165, 1.54) is 38.0 Å². The van der Waals surface area contributed by atoms with Crippen LogP contribution in [0.1, 0.15) is 17.3 Å². The highest BCUT2D eigenvalue weighted by atomic mass is 32.2. The van der Waals surface area contributed by atoms with Gasteiger partial charge in [-0.1, -0.05) is 6.07 Å². The van der Waals surface area contributed by atoms with E-state index in [9.17, 15) is 31.8 Å². The van der Waals surface area contributed by atoms with Crippen molar-refractivity contribution in [1.82, 2.24) is 24.7 Å². The quantitative estimate of drug-likeness (QED) is 0.269. The van der Waals surface area contributed by atoms with Crippen LogP contribution in [0.15, 0.2) is 47.4 Å².